The Morgan fingerprint density at radius 1 is 1.00 bits per heavy atom. The van der Waals surface area contributed by atoms with Gasteiger partial charge in [-0.1, -0.05) is 68.3 Å². The smallest absolute Gasteiger partial charge is 0.0100 e. The fraction of sp³-hybridized carbons (Fsp3) is 1.00. The summed E-state index contributed by atoms with van der Waals surface area (Å²) in [6.45, 7) is 7.43. The van der Waals surface area contributed by atoms with E-state index < -0.39 is 0 Å². The molecule has 0 N–H and O–H groups in total. The van der Waals surface area contributed by atoms with Gasteiger partial charge in [0.2, 0.25) is 0 Å². The Labute approximate surface area is 141 Å². The molecule has 2 saturated carbocycles. The van der Waals surface area contributed by atoms with Gasteiger partial charge >= 0.3 is 0 Å². The molecule has 0 aromatic rings. The highest BCUT2D eigenvalue weighted by Gasteiger charge is 2.34. The molecule has 2 aliphatic carbocycles. The summed E-state index contributed by atoms with van der Waals surface area (Å²) in [6, 6.07) is 0.892. The Balaban J connectivity index is 1.99. The molecule has 124 valence electrons. The number of rotatable bonds is 7. The van der Waals surface area contributed by atoms with E-state index in [-0.39, 0.29) is 0 Å². The Hall–Kier alpha value is 0.440. The third-order valence-electron chi connectivity index (χ3n) is 5.82. The van der Waals surface area contributed by atoms with E-state index in [1.807, 2.05) is 0 Å². The molecule has 0 aromatic heterocycles. The van der Waals surface area contributed by atoms with Crippen LogP contribution in [0.4, 0.5) is 0 Å². The SMILES string of the molecule is CC(C)CCN(CC1(CBr)CCCCCC1)C1CCCC1. The lowest BCUT2D eigenvalue weighted by molar-refractivity contribution is 0.106. The van der Waals surface area contributed by atoms with Crippen molar-refractivity contribution in [2.24, 2.45) is 11.3 Å². The first-order valence-corrected chi connectivity index (χ1v) is 10.6. The minimum absolute atomic E-state index is 0.566. The van der Waals surface area contributed by atoms with Gasteiger partial charge in [0.25, 0.3) is 0 Å². The van der Waals surface area contributed by atoms with Crippen molar-refractivity contribution in [3.63, 3.8) is 0 Å². The molecule has 0 heterocycles. The molecule has 0 radical (unpaired) electrons. The molecule has 2 heteroatoms. The fourth-order valence-corrected chi connectivity index (χ4v) is 5.07. The van der Waals surface area contributed by atoms with Gasteiger partial charge in [0.1, 0.15) is 0 Å². The van der Waals surface area contributed by atoms with Crippen molar-refractivity contribution < 1.29 is 0 Å². The summed E-state index contributed by atoms with van der Waals surface area (Å²) >= 11 is 3.89. The minimum atomic E-state index is 0.566. The van der Waals surface area contributed by atoms with Crippen LogP contribution in [-0.4, -0.2) is 29.4 Å². The zero-order valence-electron chi connectivity index (χ0n) is 14.4. The highest BCUT2D eigenvalue weighted by molar-refractivity contribution is 9.09. The summed E-state index contributed by atoms with van der Waals surface area (Å²) in [5.41, 5.74) is 0.566. The summed E-state index contributed by atoms with van der Waals surface area (Å²) in [5, 5.41) is 1.21. The van der Waals surface area contributed by atoms with E-state index >= 15 is 0 Å². The average Bonchev–Trinajstić information content (AvgIpc) is 2.90. The molecular weight excluding hydrogens is 322 g/mol. The maximum atomic E-state index is 3.89. The maximum Gasteiger partial charge on any atom is 0.0100 e. The van der Waals surface area contributed by atoms with Crippen LogP contribution in [0.1, 0.15) is 84.5 Å². The van der Waals surface area contributed by atoms with Crippen molar-refractivity contribution in [1.29, 1.82) is 0 Å². The van der Waals surface area contributed by atoms with Crippen LogP contribution in [-0.2, 0) is 0 Å². The zero-order chi connectivity index (χ0) is 15.1. The molecule has 0 aromatic carbocycles. The molecule has 0 unspecified atom stereocenters. The summed E-state index contributed by atoms with van der Waals surface area (Å²) in [7, 11) is 0. The Morgan fingerprint density at radius 2 is 1.62 bits per heavy atom. The molecule has 0 atom stereocenters. The van der Waals surface area contributed by atoms with E-state index in [9.17, 15) is 0 Å². The normalized spacial score (nSPS) is 23.9. The Kier molecular flexibility index (Phi) is 7.55. The van der Waals surface area contributed by atoms with Gasteiger partial charge in [0.05, 0.1) is 0 Å². The molecule has 0 aliphatic heterocycles. The average molecular weight is 358 g/mol. The van der Waals surface area contributed by atoms with Crippen LogP contribution in [0.25, 0.3) is 0 Å². The maximum absolute atomic E-state index is 3.89. The van der Waals surface area contributed by atoms with Crippen LogP contribution in [0.3, 0.4) is 0 Å². The van der Waals surface area contributed by atoms with Crippen LogP contribution in [0.2, 0.25) is 0 Å². The number of nitrogens with zero attached hydrogens (tertiary/aromatic N) is 1. The van der Waals surface area contributed by atoms with Gasteiger partial charge < -0.3 is 0 Å². The lowest BCUT2D eigenvalue weighted by atomic mass is 9.81. The molecule has 1 nitrogen and oxygen atoms in total. The predicted molar refractivity (Wildman–Crippen MR) is 97.2 cm³/mol. The topological polar surface area (TPSA) is 3.24 Å². The minimum Gasteiger partial charge on any atom is -0.300 e. The molecule has 21 heavy (non-hydrogen) atoms. The molecular formula is C19H36BrN. The predicted octanol–water partition coefficient (Wildman–Crippen LogP) is 6.01. The van der Waals surface area contributed by atoms with Crippen LogP contribution < -0.4 is 0 Å². The zero-order valence-corrected chi connectivity index (χ0v) is 16.0. The van der Waals surface area contributed by atoms with Crippen molar-refractivity contribution in [2.45, 2.75) is 90.5 Å². The van der Waals surface area contributed by atoms with Crippen LogP contribution in [0.15, 0.2) is 0 Å². The van der Waals surface area contributed by atoms with E-state index in [2.05, 4.69) is 34.7 Å². The second kappa shape index (κ2) is 8.91. The van der Waals surface area contributed by atoms with Crippen molar-refractivity contribution >= 4 is 15.9 Å². The first kappa shape index (κ1) is 17.8. The summed E-state index contributed by atoms with van der Waals surface area (Å²) < 4.78 is 0. The summed E-state index contributed by atoms with van der Waals surface area (Å²) in [4.78, 5) is 2.90. The fourth-order valence-electron chi connectivity index (χ4n) is 4.33. The lowest BCUT2D eigenvalue weighted by Gasteiger charge is -2.40. The first-order valence-electron chi connectivity index (χ1n) is 9.45. The molecule has 2 rings (SSSR count). The monoisotopic (exact) mass is 357 g/mol. The lowest BCUT2D eigenvalue weighted by Crippen LogP contribution is -2.44. The largest absolute Gasteiger partial charge is 0.300 e. The molecule has 0 spiro atoms. The van der Waals surface area contributed by atoms with E-state index in [1.54, 1.807) is 0 Å². The molecule has 0 bridgehead atoms. The van der Waals surface area contributed by atoms with Gasteiger partial charge in [-0.2, -0.15) is 0 Å². The van der Waals surface area contributed by atoms with Gasteiger partial charge in [-0.05, 0) is 50.0 Å². The molecule has 2 aliphatic rings. The van der Waals surface area contributed by atoms with Gasteiger partial charge in [-0.25, -0.2) is 0 Å². The van der Waals surface area contributed by atoms with Gasteiger partial charge in [-0.3, -0.25) is 4.90 Å². The second-order valence-electron chi connectivity index (χ2n) is 8.14. The van der Waals surface area contributed by atoms with Gasteiger partial charge in [0.15, 0.2) is 0 Å². The molecule has 2 fully saturated rings. The van der Waals surface area contributed by atoms with E-state index in [4.69, 9.17) is 0 Å². The van der Waals surface area contributed by atoms with Crippen LogP contribution in [0, 0.1) is 11.3 Å². The van der Waals surface area contributed by atoms with Crippen molar-refractivity contribution in [2.75, 3.05) is 18.4 Å². The van der Waals surface area contributed by atoms with Crippen molar-refractivity contribution in [3.05, 3.63) is 0 Å². The molecule has 0 amide bonds. The van der Waals surface area contributed by atoms with Crippen molar-refractivity contribution in [1.82, 2.24) is 4.90 Å². The first-order chi connectivity index (χ1) is 10.2. The summed E-state index contributed by atoms with van der Waals surface area (Å²) in [6.07, 6.45) is 15.9. The van der Waals surface area contributed by atoms with Crippen LogP contribution in [0.5, 0.6) is 0 Å². The third kappa shape index (κ3) is 5.53. The Bertz CT molecular complexity index is 275. The second-order valence-corrected chi connectivity index (χ2v) is 8.70. The quantitative estimate of drug-likeness (QED) is 0.398. The number of alkyl halides is 1. The molecule has 0 saturated heterocycles. The number of halogens is 1. The van der Waals surface area contributed by atoms with Crippen LogP contribution >= 0.6 is 15.9 Å². The van der Waals surface area contributed by atoms with Crippen molar-refractivity contribution in [3.8, 4) is 0 Å². The van der Waals surface area contributed by atoms with E-state index in [1.165, 1.54) is 89.0 Å². The number of hydrogen-bond acceptors (Lipinski definition) is 1. The standard InChI is InChI=1S/C19H36BrN/c1-17(2)11-14-21(18-9-5-6-10-18)16-19(15-20)12-7-3-4-8-13-19/h17-18H,3-16H2,1-2H3. The highest BCUT2D eigenvalue weighted by atomic mass is 79.9. The van der Waals surface area contributed by atoms with E-state index in [0.29, 0.717) is 5.41 Å². The number of hydrogen-bond donors (Lipinski definition) is 0. The third-order valence-corrected chi connectivity index (χ3v) is 7.01. The summed E-state index contributed by atoms with van der Waals surface area (Å²) in [5.74, 6) is 0.836. The van der Waals surface area contributed by atoms with E-state index in [0.717, 1.165) is 12.0 Å². The highest BCUT2D eigenvalue weighted by Crippen LogP contribution is 2.39. The van der Waals surface area contributed by atoms with Gasteiger partial charge in [-0.15, -0.1) is 0 Å². The van der Waals surface area contributed by atoms with Gasteiger partial charge in [0, 0.05) is 17.9 Å². The Morgan fingerprint density at radius 3 is 2.14 bits per heavy atom.